The van der Waals surface area contributed by atoms with Gasteiger partial charge in [-0.2, -0.15) is 0 Å². The lowest BCUT2D eigenvalue weighted by molar-refractivity contribution is -0.142. The number of carbonyl (C=O) groups excluding carboxylic acids is 1. The molecule has 0 N–H and O–H groups in total. The molecule has 18 heavy (non-hydrogen) atoms. The van der Waals surface area contributed by atoms with Crippen LogP contribution in [0.15, 0.2) is 6.07 Å². The lowest BCUT2D eigenvalue weighted by atomic mass is 10.1. The van der Waals surface area contributed by atoms with Crippen molar-refractivity contribution in [3.05, 3.63) is 28.0 Å². The first-order valence-corrected chi connectivity index (χ1v) is 6.08. The fraction of sp³-hybridized carbons (Fsp3) is 0.455. The summed E-state index contributed by atoms with van der Waals surface area (Å²) in [5.41, 5.74) is 0.224. The number of halogens is 4. The van der Waals surface area contributed by atoms with Crippen molar-refractivity contribution >= 4 is 29.2 Å². The van der Waals surface area contributed by atoms with Crippen LogP contribution in [0.3, 0.4) is 0 Å². The first kappa shape index (κ1) is 15.1. The molecule has 0 aliphatic carbocycles. The van der Waals surface area contributed by atoms with Crippen molar-refractivity contribution in [2.75, 3.05) is 6.61 Å². The van der Waals surface area contributed by atoms with Crippen LogP contribution in [0.4, 0.5) is 8.78 Å². The first-order valence-electron chi connectivity index (χ1n) is 5.17. The van der Waals surface area contributed by atoms with Crippen LogP contribution in [0.5, 0.6) is 0 Å². The molecule has 3 nitrogen and oxygen atoms in total. The van der Waals surface area contributed by atoms with Crippen molar-refractivity contribution in [1.82, 2.24) is 4.98 Å². The van der Waals surface area contributed by atoms with E-state index in [1.165, 1.54) is 6.07 Å². The van der Waals surface area contributed by atoms with Crippen LogP contribution < -0.4 is 0 Å². The number of hydrogen-bond donors (Lipinski definition) is 0. The Bertz CT molecular complexity index is 441. The van der Waals surface area contributed by atoms with Gasteiger partial charge in [0.05, 0.1) is 24.3 Å². The molecule has 7 heteroatoms. The largest absolute Gasteiger partial charge is 0.466 e. The van der Waals surface area contributed by atoms with E-state index in [1.54, 1.807) is 6.92 Å². The quantitative estimate of drug-likeness (QED) is 0.474. The smallest absolute Gasteiger partial charge is 0.311 e. The molecule has 0 unspecified atom stereocenters. The van der Waals surface area contributed by atoms with Crippen molar-refractivity contribution < 1.29 is 18.3 Å². The van der Waals surface area contributed by atoms with E-state index in [0.717, 1.165) is 0 Å². The Morgan fingerprint density at radius 3 is 2.72 bits per heavy atom. The van der Waals surface area contributed by atoms with E-state index in [2.05, 4.69) is 4.98 Å². The highest BCUT2D eigenvalue weighted by Crippen LogP contribution is 2.28. The van der Waals surface area contributed by atoms with E-state index >= 15 is 0 Å². The second kappa shape index (κ2) is 6.85. The molecule has 0 saturated carbocycles. The zero-order chi connectivity index (χ0) is 13.7. The molecule has 0 atom stereocenters. The Labute approximate surface area is 113 Å². The number of alkyl halides is 3. The maximum absolute atomic E-state index is 12.6. The second-order valence-corrected chi connectivity index (χ2v) is 4.02. The van der Waals surface area contributed by atoms with Crippen LogP contribution in [-0.2, 0) is 21.8 Å². The van der Waals surface area contributed by atoms with E-state index in [9.17, 15) is 13.6 Å². The van der Waals surface area contributed by atoms with Gasteiger partial charge in [-0.1, -0.05) is 11.6 Å². The van der Waals surface area contributed by atoms with Crippen LogP contribution in [0.25, 0.3) is 0 Å². The molecule has 0 fully saturated rings. The average Bonchev–Trinajstić information content (AvgIpc) is 2.29. The summed E-state index contributed by atoms with van der Waals surface area (Å²) in [6.07, 6.45) is -2.87. The van der Waals surface area contributed by atoms with Gasteiger partial charge in [0.1, 0.15) is 5.15 Å². The van der Waals surface area contributed by atoms with Gasteiger partial charge in [0.2, 0.25) is 0 Å². The number of nitrogens with zero attached hydrogens (tertiary/aromatic N) is 1. The fourth-order valence-corrected chi connectivity index (χ4v) is 1.83. The molecular formula is C11H11Cl2F2NO2. The maximum Gasteiger partial charge on any atom is 0.311 e. The molecule has 1 heterocycles. The van der Waals surface area contributed by atoms with Crippen molar-refractivity contribution in [3.8, 4) is 0 Å². The van der Waals surface area contributed by atoms with Gasteiger partial charge in [-0.05, 0) is 18.6 Å². The molecular weight excluding hydrogens is 287 g/mol. The molecule has 0 bridgehead atoms. The van der Waals surface area contributed by atoms with E-state index in [0.29, 0.717) is 5.56 Å². The minimum atomic E-state index is -2.73. The Balaban J connectivity index is 3.05. The third-order valence-corrected chi connectivity index (χ3v) is 2.76. The summed E-state index contributed by atoms with van der Waals surface area (Å²) in [6.45, 7) is 1.90. The van der Waals surface area contributed by atoms with Crippen molar-refractivity contribution in [3.63, 3.8) is 0 Å². The Morgan fingerprint density at radius 2 is 2.22 bits per heavy atom. The summed E-state index contributed by atoms with van der Waals surface area (Å²) in [5.74, 6) is -0.532. The maximum atomic E-state index is 12.6. The van der Waals surface area contributed by atoms with Crippen LogP contribution in [-0.4, -0.2) is 17.6 Å². The average molecular weight is 298 g/mol. The van der Waals surface area contributed by atoms with Gasteiger partial charge < -0.3 is 4.74 Å². The minimum Gasteiger partial charge on any atom is -0.466 e. The molecule has 1 aromatic rings. The molecule has 0 aliphatic heterocycles. The normalized spacial score (nSPS) is 10.8. The Hall–Kier alpha value is -0.940. The highest BCUT2D eigenvalue weighted by Gasteiger charge is 2.18. The van der Waals surface area contributed by atoms with E-state index in [1.807, 2.05) is 0 Å². The lowest BCUT2D eigenvalue weighted by Gasteiger charge is -2.10. The summed E-state index contributed by atoms with van der Waals surface area (Å²) >= 11 is 11.3. The van der Waals surface area contributed by atoms with Crippen LogP contribution in [0.2, 0.25) is 5.15 Å². The minimum absolute atomic E-state index is 0.0291. The third kappa shape index (κ3) is 3.78. The fourth-order valence-electron chi connectivity index (χ4n) is 1.36. The number of rotatable bonds is 5. The monoisotopic (exact) mass is 297 g/mol. The summed E-state index contributed by atoms with van der Waals surface area (Å²) in [5, 5.41) is -0.321. The lowest BCUT2D eigenvalue weighted by Crippen LogP contribution is -2.11. The predicted octanol–water partition coefficient (Wildman–Crippen LogP) is 3.52. The van der Waals surface area contributed by atoms with Crippen molar-refractivity contribution in [2.45, 2.75) is 25.7 Å². The first-order chi connectivity index (χ1) is 8.49. The number of ether oxygens (including phenoxy) is 1. The molecule has 0 spiro atoms. The zero-order valence-electron chi connectivity index (χ0n) is 9.55. The molecule has 0 aliphatic rings. The van der Waals surface area contributed by atoms with Gasteiger partial charge >= 0.3 is 5.97 Å². The summed E-state index contributed by atoms with van der Waals surface area (Å²) < 4.78 is 29.9. The zero-order valence-corrected chi connectivity index (χ0v) is 11.1. The number of aromatic nitrogens is 1. The highest BCUT2D eigenvalue weighted by molar-refractivity contribution is 6.30. The van der Waals surface area contributed by atoms with Gasteiger partial charge in [0.15, 0.2) is 0 Å². The number of esters is 1. The standard InChI is InChI=1S/C11H11Cl2F2NO2/c1-2-18-9(17)4-8-6(5-12)3-7(11(14)15)10(13)16-8/h3,11H,2,4-5H2,1H3. The highest BCUT2D eigenvalue weighted by atomic mass is 35.5. The van der Waals surface area contributed by atoms with Gasteiger partial charge in [-0.25, -0.2) is 13.8 Å². The summed E-state index contributed by atoms with van der Waals surface area (Å²) in [4.78, 5) is 15.1. The molecule has 100 valence electrons. The topological polar surface area (TPSA) is 39.2 Å². The van der Waals surface area contributed by atoms with Crippen LogP contribution in [0, 0.1) is 0 Å². The number of hydrogen-bond acceptors (Lipinski definition) is 3. The molecule has 1 rings (SSSR count). The Morgan fingerprint density at radius 1 is 1.56 bits per heavy atom. The van der Waals surface area contributed by atoms with Gasteiger partial charge in [-0.3, -0.25) is 4.79 Å². The van der Waals surface area contributed by atoms with E-state index < -0.39 is 12.4 Å². The van der Waals surface area contributed by atoms with Gasteiger partial charge in [0.25, 0.3) is 6.43 Å². The molecule has 0 amide bonds. The SMILES string of the molecule is CCOC(=O)Cc1nc(Cl)c(C(F)F)cc1CCl. The van der Waals surface area contributed by atoms with E-state index in [-0.39, 0.29) is 35.3 Å². The third-order valence-electron chi connectivity index (χ3n) is 2.17. The summed E-state index contributed by atoms with van der Waals surface area (Å²) in [7, 11) is 0. The molecule has 0 aromatic carbocycles. The molecule has 1 aromatic heterocycles. The number of pyridine rings is 1. The predicted molar refractivity (Wildman–Crippen MR) is 64.1 cm³/mol. The van der Waals surface area contributed by atoms with Crippen molar-refractivity contribution in [1.29, 1.82) is 0 Å². The van der Waals surface area contributed by atoms with Crippen molar-refractivity contribution in [2.24, 2.45) is 0 Å². The van der Waals surface area contributed by atoms with Gasteiger partial charge in [-0.15, -0.1) is 11.6 Å². The Kier molecular flexibility index (Phi) is 5.75. The molecule has 0 saturated heterocycles. The second-order valence-electron chi connectivity index (χ2n) is 3.39. The van der Waals surface area contributed by atoms with Crippen LogP contribution in [0.1, 0.15) is 30.2 Å². The molecule has 0 radical (unpaired) electrons. The van der Waals surface area contributed by atoms with Crippen LogP contribution >= 0.6 is 23.2 Å². The number of carbonyl (C=O) groups is 1. The summed E-state index contributed by atoms with van der Waals surface area (Å²) in [6, 6.07) is 1.17. The van der Waals surface area contributed by atoms with E-state index in [4.69, 9.17) is 27.9 Å². The van der Waals surface area contributed by atoms with Gasteiger partial charge in [0, 0.05) is 5.88 Å².